The molecule has 1 aromatic heterocycles. The van der Waals surface area contributed by atoms with Gasteiger partial charge in [0.25, 0.3) is 5.91 Å². The number of halogens is 1. The SMILES string of the molecule is C[C@@H]1CCn2c(nc3cc(C(=O)NCc4ccccc4Cl)ccc32)C1. The summed E-state index contributed by atoms with van der Waals surface area (Å²) in [4.78, 5) is 17.2. The summed E-state index contributed by atoms with van der Waals surface area (Å²) in [7, 11) is 0. The second kappa shape index (κ2) is 6.52. The maximum atomic E-state index is 12.5. The molecule has 2 aromatic carbocycles. The largest absolute Gasteiger partial charge is 0.348 e. The van der Waals surface area contributed by atoms with Crippen molar-refractivity contribution in [3.8, 4) is 0 Å². The number of nitrogens with one attached hydrogen (secondary N) is 1. The number of fused-ring (bicyclic) bond motifs is 3. The summed E-state index contributed by atoms with van der Waals surface area (Å²) in [6.07, 6.45) is 2.18. The molecule has 0 unspecified atom stereocenters. The minimum absolute atomic E-state index is 0.110. The number of benzene rings is 2. The molecule has 1 atom stereocenters. The predicted octanol–water partition coefficient (Wildman–Crippen LogP) is 4.20. The summed E-state index contributed by atoms with van der Waals surface area (Å²) in [5, 5.41) is 3.59. The molecule has 1 N–H and O–H groups in total. The molecule has 0 saturated carbocycles. The number of aryl methyl sites for hydroxylation is 1. The first kappa shape index (κ1) is 16.2. The minimum Gasteiger partial charge on any atom is -0.348 e. The van der Waals surface area contributed by atoms with Crippen molar-refractivity contribution in [1.82, 2.24) is 14.9 Å². The molecule has 5 heteroatoms. The number of hydrogen-bond donors (Lipinski definition) is 1. The average Bonchev–Trinajstić information content (AvgIpc) is 2.97. The molecule has 4 nitrogen and oxygen atoms in total. The Balaban J connectivity index is 1.55. The standard InChI is InChI=1S/C20H20ClN3O/c1-13-8-9-24-18-7-6-14(11-17(18)23-19(24)10-13)20(25)22-12-15-4-2-3-5-16(15)21/h2-7,11,13H,8-10,12H2,1H3,(H,22,25)/t13-/m1/s1. The van der Waals surface area contributed by atoms with Crippen LogP contribution < -0.4 is 5.32 Å². The minimum atomic E-state index is -0.110. The van der Waals surface area contributed by atoms with Gasteiger partial charge in [0.05, 0.1) is 11.0 Å². The number of imidazole rings is 1. The van der Waals surface area contributed by atoms with E-state index in [1.54, 1.807) is 0 Å². The lowest BCUT2D eigenvalue weighted by Crippen LogP contribution is -2.22. The maximum absolute atomic E-state index is 12.5. The Morgan fingerprint density at radius 3 is 3.00 bits per heavy atom. The van der Waals surface area contributed by atoms with Crippen LogP contribution in [0.2, 0.25) is 5.02 Å². The molecule has 1 aliphatic rings. The first-order valence-electron chi connectivity index (χ1n) is 8.62. The smallest absolute Gasteiger partial charge is 0.251 e. The molecular formula is C20H20ClN3O. The first-order chi connectivity index (χ1) is 12.1. The zero-order valence-corrected chi connectivity index (χ0v) is 14.9. The van der Waals surface area contributed by atoms with Gasteiger partial charge in [0, 0.05) is 30.1 Å². The summed E-state index contributed by atoms with van der Waals surface area (Å²) in [6, 6.07) is 13.3. The van der Waals surface area contributed by atoms with Crippen molar-refractivity contribution in [1.29, 1.82) is 0 Å². The van der Waals surface area contributed by atoms with Gasteiger partial charge in [0.2, 0.25) is 0 Å². The Morgan fingerprint density at radius 1 is 1.32 bits per heavy atom. The molecule has 3 aromatic rings. The maximum Gasteiger partial charge on any atom is 0.251 e. The Hall–Kier alpha value is -2.33. The third-order valence-corrected chi connectivity index (χ3v) is 5.23. The average molecular weight is 354 g/mol. The van der Waals surface area contributed by atoms with E-state index >= 15 is 0 Å². The summed E-state index contributed by atoms with van der Waals surface area (Å²) < 4.78 is 2.28. The van der Waals surface area contributed by atoms with Gasteiger partial charge in [0.15, 0.2) is 0 Å². The van der Waals surface area contributed by atoms with Crippen LogP contribution in [0.5, 0.6) is 0 Å². The van der Waals surface area contributed by atoms with Crippen molar-refractivity contribution in [3.05, 3.63) is 64.4 Å². The van der Waals surface area contributed by atoms with Crippen molar-refractivity contribution in [2.24, 2.45) is 5.92 Å². The Morgan fingerprint density at radius 2 is 2.16 bits per heavy atom. The van der Waals surface area contributed by atoms with E-state index in [1.165, 1.54) is 6.42 Å². The molecule has 0 aliphatic carbocycles. The van der Waals surface area contributed by atoms with Crippen molar-refractivity contribution >= 4 is 28.5 Å². The van der Waals surface area contributed by atoms with E-state index in [4.69, 9.17) is 16.6 Å². The van der Waals surface area contributed by atoms with Gasteiger partial charge in [-0.25, -0.2) is 4.98 Å². The lowest BCUT2D eigenvalue weighted by atomic mass is 10.0. The quantitative estimate of drug-likeness (QED) is 0.767. The highest BCUT2D eigenvalue weighted by atomic mass is 35.5. The van der Waals surface area contributed by atoms with E-state index in [1.807, 2.05) is 42.5 Å². The van der Waals surface area contributed by atoms with Crippen LogP contribution >= 0.6 is 11.6 Å². The van der Waals surface area contributed by atoms with E-state index in [-0.39, 0.29) is 5.91 Å². The molecule has 128 valence electrons. The fourth-order valence-electron chi connectivity index (χ4n) is 3.41. The molecule has 0 bridgehead atoms. The van der Waals surface area contributed by atoms with Gasteiger partial charge in [-0.05, 0) is 42.2 Å². The lowest BCUT2D eigenvalue weighted by molar-refractivity contribution is 0.0951. The molecular weight excluding hydrogens is 334 g/mol. The third kappa shape index (κ3) is 3.14. The number of nitrogens with zero attached hydrogens (tertiary/aromatic N) is 2. The second-order valence-electron chi connectivity index (χ2n) is 6.76. The highest BCUT2D eigenvalue weighted by Crippen LogP contribution is 2.26. The summed E-state index contributed by atoms with van der Waals surface area (Å²) in [5.74, 6) is 1.69. The summed E-state index contributed by atoms with van der Waals surface area (Å²) in [5.41, 5.74) is 3.55. The van der Waals surface area contributed by atoms with Gasteiger partial charge < -0.3 is 9.88 Å². The normalized spacial score (nSPS) is 16.6. The third-order valence-electron chi connectivity index (χ3n) is 4.86. The van der Waals surface area contributed by atoms with Crippen LogP contribution in [0.1, 0.15) is 35.1 Å². The van der Waals surface area contributed by atoms with E-state index < -0.39 is 0 Å². The number of carbonyl (C=O) groups is 1. The molecule has 25 heavy (non-hydrogen) atoms. The van der Waals surface area contributed by atoms with Gasteiger partial charge in [-0.1, -0.05) is 36.7 Å². The zero-order valence-electron chi connectivity index (χ0n) is 14.1. The van der Waals surface area contributed by atoms with Crippen LogP contribution in [-0.4, -0.2) is 15.5 Å². The van der Waals surface area contributed by atoms with Crippen molar-refractivity contribution in [2.45, 2.75) is 32.9 Å². The van der Waals surface area contributed by atoms with Crippen LogP contribution in [0.25, 0.3) is 11.0 Å². The zero-order chi connectivity index (χ0) is 17.4. The fourth-order valence-corrected chi connectivity index (χ4v) is 3.61. The monoisotopic (exact) mass is 353 g/mol. The van der Waals surface area contributed by atoms with Crippen molar-refractivity contribution in [2.75, 3.05) is 0 Å². The number of rotatable bonds is 3. The van der Waals surface area contributed by atoms with Crippen LogP contribution in [0.4, 0.5) is 0 Å². The van der Waals surface area contributed by atoms with Gasteiger partial charge in [-0.15, -0.1) is 0 Å². The van der Waals surface area contributed by atoms with Gasteiger partial charge in [-0.2, -0.15) is 0 Å². The predicted molar refractivity (Wildman–Crippen MR) is 99.8 cm³/mol. The number of hydrogen-bond acceptors (Lipinski definition) is 2. The van der Waals surface area contributed by atoms with Gasteiger partial charge in [-0.3, -0.25) is 4.79 Å². The van der Waals surface area contributed by atoms with Crippen LogP contribution in [0, 0.1) is 5.92 Å². The highest BCUT2D eigenvalue weighted by Gasteiger charge is 2.19. The topological polar surface area (TPSA) is 46.9 Å². The van der Waals surface area contributed by atoms with Crippen LogP contribution in [-0.2, 0) is 19.5 Å². The van der Waals surface area contributed by atoms with E-state index in [9.17, 15) is 4.79 Å². The van der Waals surface area contributed by atoms with Crippen molar-refractivity contribution < 1.29 is 4.79 Å². The van der Waals surface area contributed by atoms with Crippen LogP contribution in [0.15, 0.2) is 42.5 Å². The Kier molecular flexibility index (Phi) is 4.22. The van der Waals surface area contributed by atoms with E-state index in [0.717, 1.165) is 35.4 Å². The molecule has 1 aliphatic heterocycles. The van der Waals surface area contributed by atoms with E-state index in [2.05, 4.69) is 16.8 Å². The van der Waals surface area contributed by atoms with Gasteiger partial charge >= 0.3 is 0 Å². The molecule has 1 amide bonds. The van der Waals surface area contributed by atoms with Crippen molar-refractivity contribution in [3.63, 3.8) is 0 Å². The molecule has 0 fully saturated rings. The Labute approximate surface area is 151 Å². The van der Waals surface area contributed by atoms with Crippen LogP contribution in [0.3, 0.4) is 0 Å². The number of amides is 1. The molecule has 0 radical (unpaired) electrons. The van der Waals surface area contributed by atoms with E-state index in [0.29, 0.717) is 23.0 Å². The second-order valence-corrected chi connectivity index (χ2v) is 7.16. The Bertz CT molecular complexity index is 947. The highest BCUT2D eigenvalue weighted by molar-refractivity contribution is 6.31. The lowest BCUT2D eigenvalue weighted by Gasteiger charge is -2.19. The summed E-state index contributed by atoms with van der Waals surface area (Å²) in [6.45, 7) is 3.68. The molecule has 0 saturated heterocycles. The first-order valence-corrected chi connectivity index (χ1v) is 9.00. The number of aromatic nitrogens is 2. The number of carbonyl (C=O) groups excluding carboxylic acids is 1. The molecule has 2 heterocycles. The summed E-state index contributed by atoms with van der Waals surface area (Å²) >= 11 is 6.14. The molecule has 4 rings (SSSR count). The molecule has 0 spiro atoms. The van der Waals surface area contributed by atoms with Gasteiger partial charge in [0.1, 0.15) is 5.82 Å². The fraction of sp³-hybridized carbons (Fsp3) is 0.300.